The SMILES string of the molecule is C[C@H](Cc1ccc(F)c(NC(=O)[C@@H](CC(F)(F)F)c2ccc(Cl)cc2)c1)C(=O)O. The van der Waals surface area contributed by atoms with Crippen LogP contribution in [0.5, 0.6) is 0 Å². The second-order valence-electron chi connectivity index (χ2n) is 6.67. The van der Waals surface area contributed by atoms with Crippen molar-refractivity contribution in [2.75, 3.05) is 5.32 Å². The normalized spacial score (nSPS) is 13.6. The molecule has 0 saturated carbocycles. The summed E-state index contributed by atoms with van der Waals surface area (Å²) in [7, 11) is 0. The van der Waals surface area contributed by atoms with Gasteiger partial charge in [0.25, 0.3) is 0 Å². The number of amides is 1. The average Bonchev–Trinajstić information content (AvgIpc) is 2.62. The molecule has 156 valence electrons. The van der Waals surface area contributed by atoms with Crippen LogP contribution in [-0.2, 0) is 16.0 Å². The van der Waals surface area contributed by atoms with Crippen molar-refractivity contribution in [2.45, 2.75) is 31.9 Å². The zero-order valence-electron chi connectivity index (χ0n) is 15.3. The Balaban J connectivity index is 2.28. The summed E-state index contributed by atoms with van der Waals surface area (Å²) in [5.41, 5.74) is 0.196. The molecular formula is C20H18ClF4NO3. The Morgan fingerprint density at radius 3 is 2.31 bits per heavy atom. The van der Waals surface area contributed by atoms with E-state index >= 15 is 0 Å². The number of carboxylic acid groups (broad SMARTS) is 1. The summed E-state index contributed by atoms with van der Waals surface area (Å²) in [5.74, 6) is -5.28. The number of halogens is 5. The van der Waals surface area contributed by atoms with Crippen LogP contribution in [0.15, 0.2) is 42.5 Å². The van der Waals surface area contributed by atoms with Gasteiger partial charge in [0, 0.05) is 5.02 Å². The highest BCUT2D eigenvalue weighted by molar-refractivity contribution is 6.30. The molecule has 2 atom stereocenters. The van der Waals surface area contributed by atoms with Crippen LogP contribution in [0.25, 0.3) is 0 Å². The molecular weight excluding hydrogens is 414 g/mol. The number of hydrogen-bond acceptors (Lipinski definition) is 2. The summed E-state index contributed by atoms with van der Waals surface area (Å²) >= 11 is 5.75. The number of aliphatic carboxylic acids is 1. The second-order valence-corrected chi connectivity index (χ2v) is 7.11. The number of carboxylic acids is 1. The highest BCUT2D eigenvalue weighted by Crippen LogP contribution is 2.33. The topological polar surface area (TPSA) is 66.4 Å². The van der Waals surface area contributed by atoms with Crippen LogP contribution in [0.1, 0.15) is 30.4 Å². The van der Waals surface area contributed by atoms with Crippen LogP contribution in [-0.4, -0.2) is 23.2 Å². The van der Waals surface area contributed by atoms with Crippen LogP contribution >= 0.6 is 11.6 Å². The minimum Gasteiger partial charge on any atom is -0.481 e. The zero-order valence-corrected chi connectivity index (χ0v) is 16.0. The fourth-order valence-electron chi connectivity index (χ4n) is 2.74. The number of hydrogen-bond donors (Lipinski definition) is 2. The van der Waals surface area contributed by atoms with Gasteiger partial charge in [-0.2, -0.15) is 13.2 Å². The maximum atomic E-state index is 14.1. The molecule has 2 rings (SSSR count). The fourth-order valence-corrected chi connectivity index (χ4v) is 2.87. The van der Waals surface area contributed by atoms with Gasteiger partial charge in [0.2, 0.25) is 5.91 Å². The highest BCUT2D eigenvalue weighted by Gasteiger charge is 2.36. The first-order chi connectivity index (χ1) is 13.5. The van der Waals surface area contributed by atoms with Crippen molar-refractivity contribution in [1.82, 2.24) is 0 Å². The van der Waals surface area contributed by atoms with E-state index in [2.05, 4.69) is 5.32 Å². The summed E-state index contributed by atoms with van der Waals surface area (Å²) in [5, 5.41) is 11.5. The minimum atomic E-state index is -4.63. The van der Waals surface area contributed by atoms with Gasteiger partial charge in [0.05, 0.1) is 23.9 Å². The van der Waals surface area contributed by atoms with Crippen molar-refractivity contribution in [2.24, 2.45) is 5.92 Å². The molecule has 0 aliphatic rings. The Bertz CT molecular complexity index is 884. The van der Waals surface area contributed by atoms with Crippen molar-refractivity contribution < 1.29 is 32.3 Å². The molecule has 0 fully saturated rings. The maximum absolute atomic E-state index is 14.1. The number of anilines is 1. The van der Waals surface area contributed by atoms with Crippen LogP contribution in [0, 0.1) is 11.7 Å². The molecule has 2 N–H and O–H groups in total. The summed E-state index contributed by atoms with van der Waals surface area (Å²) in [6.07, 6.45) is -5.99. The van der Waals surface area contributed by atoms with E-state index in [4.69, 9.17) is 16.7 Å². The minimum absolute atomic E-state index is 0.0711. The largest absolute Gasteiger partial charge is 0.481 e. The quantitative estimate of drug-likeness (QED) is 0.575. The van der Waals surface area contributed by atoms with Crippen LogP contribution in [0.4, 0.5) is 23.2 Å². The molecule has 0 saturated heterocycles. The molecule has 0 aliphatic heterocycles. The molecule has 0 spiro atoms. The molecule has 0 radical (unpaired) electrons. The molecule has 9 heteroatoms. The van der Waals surface area contributed by atoms with Crippen molar-refractivity contribution in [3.63, 3.8) is 0 Å². The molecule has 29 heavy (non-hydrogen) atoms. The highest BCUT2D eigenvalue weighted by atomic mass is 35.5. The van der Waals surface area contributed by atoms with Gasteiger partial charge >= 0.3 is 12.1 Å². The first kappa shape index (κ1) is 22.7. The van der Waals surface area contributed by atoms with Gasteiger partial charge in [-0.15, -0.1) is 0 Å². The average molecular weight is 432 g/mol. The smallest absolute Gasteiger partial charge is 0.390 e. The van der Waals surface area contributed by atoms with E-state index in [9.17, 15) is 27.2 Å². The van der Waals surface area contributed by atoms with Crippen molar-refractivity contribution in [3.05, 3.63) is 64.4 Å². The second kappa shape index (κ2) is 9.26. The van der Waals surface area contributed by atoms with E-state index in [1.807, 2.05) is 0 Å². The van der Waals surface area contributed by atoms with Gasteiger partial charge in [-0.25, -0.2) is 4.39 Å². The summed E-state index contributed by atoms with van der Waals surface area (Å²) in [4.78, 5) is 23.5. The molecule has 0 aliphatic carbocycles. The zero-order chi connectivity index (χ0) is 21.8. The Hall–Kier alpha value is -2.61. The van der Waals surface area contributed by atoms with Gasteiger partial charge in [0.1, 0.15) is 5.82 Å². The number of nitrogens with one attached hydrogen (secondary N) is 1. The van der Waals surface area contributed by atoms with Gasteiger partial charge in [0.15, 0.2) is 0 Å². The molecule has 1 amide bonds. The molecule has 0 unspecified atom stereocenters. The van der Waals surface area contributed by atoms with E-state index in [-0.39, 0.29) is 17.7 Å². The molecule has 0 aromatic heterocycles. The number of benzene rings is 2. The van der Waals surface area contributed by atoms with Crippen molar-refractivity contribution in [3.8, 4) is 0 Å². The number of carbonyl (C=O) groups excluding carboxylic acids is 1. The molecule has 2 aromatic rings. The van der Waals surface area contributed by atoms with E-state index in [0.717, 1.165) is 6.07 Å². The Kier molecular flexibility index (Phi) is 7.24. The van der Waals surface area contributed by atoms with Crippen LogP contribution < -0.4 is 5.32 Å². The van der Waals surface area contributed by atoms with E-state index < -0.39 is 42.1 Å². The Labute approximate surface area is 169 Å². The summed E-state index contributed by atoms with van der Waals surface area (Å²) < 4.78 is 53.1. The third-order valence-corrected chi connectivity index (χ3v) is 4.53. The van der Waals surface area contributed by atoms with Gasteiger partial charge < -0.3 is 10.4 Å². The third kappa shape index (κ3) is 6.74. The molecule has 4 nitrogen and oxygen atoms in total. The van der Waals surface area contributed by atoms with Gasteiger partial charge in [-0.3, -0.25) is 9.59 Å². The fraction of sp³-hybridized carbons (Fsp3) is 0.300. The number of alkyl halides is 3. The van der Waals surface area contributed by atoms with Crippen molar-refractivity contribution in [1.29, 1.82) is 0 Å². The van der Waals surface area contributed by atoms with E-state index in [1.54, 1.807) is 0 Å². The lowest BCUT2D eigenvalue weighted by Crippen LogP contribution is -2.26. The van der Waals surface area contributed by atoms with Crippen LogP contribution in [0.2, 0.25) is 5.02 Å². The predicted molar refractivity (Wildman–Crippen MR) is 100 cm³/mol. The van der Waals surface area contributed by atoms with Crippen molar-refractivity contribution >= 4 is 29.2 Å². The van der Waals surface area contributed by atoms with E-state index in [1.165, 1.54) is 43.3 Å². The molecule has 0 bridgehead atoms. The monoisotopic (exact) mass is 431 g/mol. The standard InChI is InChI=1S/C20H18ClF4NO3/c1-11(19(28)29)8-12-2-7-16(22)17(9-12)26-18(27)15(10-20(23,24)25)13-3-5-14(21)6-4-13/h2-7,9,11,15H,8,10H2,1H3,(H,26,27)(H,28,29)/t11-,15+/m1/s1. The molecule has 2 aromatic carbocycles. The van der Waals surface area contributed by atoms with Gasteiger partial charge in [-0.1, -0.05) is 36.7 Å². The maximum Gasteiger partial charge on any atom is 0.390 e. The van der Waals surface area contributed by atoms with Crippen LogP contribution in [0.3, 0.4) is 0 Å². The lowest BCUT2D eigenvalue weighted by molar-refractivity contribution is -0.146. The Morgan fingerprint density at radius 1 is 1.14 bits per heavy atom. The first-order valence-electron chi connectivity index (χ1n) is 8.60. The van der Waals surface area contributed by atoms with Gasteiger partial charge in [-0.05, 0) is 41.8 Å². The lowest BCUT2D eigenvalue weighted by atomic mass is 9.94. The Morgan fingerprint density at radius 2 is 1.76 bits per heavy atom. The summed E-state index contributed by atoms with van der Waals surface area (Å²) in [6.45, 7) is 1.46. The molecule has 0 heterocycles. The lowest BCUT2D eigenvalue weighted by Gasteiger charge is -2.19. The van der Waals surface area contributed by atoms with E-state index in [0.29, 0.717) is 10.6 Å². The predicted octanol–water partition coefficient (Wildman–Crippen LogP) is 5.42. The summed E-state index contributed by atoms with van der Waals surface area (Å²) in [6, 6.07) is 8.94. The third-order valence-electron chi connectivity index (χ3n) is 4.28. The number of rotatable bonds is 7. The number of carbonyl (C=O) groups is 2. The first-order valence-corrected chi connectivity index (χ1v) is 8.98.